The van der Waals surface area contributed by atoms with Crippen LogP contribution in [0.1, 0.15) is 48.2 Å². The van der Waals surface area contributed by atoms with Gasteiger partial charge in [-0.15, -0.1) is 0 Å². The lowest BCUT2D eigenvalue weighted by molar-refractivity contribution is -0.144. The van der Waals surface area contributed by atoms with E-state index in [1.165, 1.54) is 24.4 Å². The van der Waals surface area contributed by atoms with Gasteiger partial charge in [-0.3, -0.25) is 14.3 Å². The van der Waals surface area contributed by atoms with Crippen LogP contribution < -0.4 is 5.32 Å². The molecule has 1 aliphatic heterocycles. The summed E-state index contributed by atoms with van der Waals surface area (Å²) in [5, 5.41) is 7.04. The smallest absolute Gasteiger partial charge is 0.259 e. The van der Waals surface area contributed by atoms with Crippen LogP contribution in [0.25, 0.3) is 0 Å². The molecule has 29 heavy (non-hydrogen) atoms. The number of nitrogens with one attached hydrogen (secondary N) is 1. The van der Waals surface area contributed by atoms with Gasteiger partial charge in [0.15, 0.2) is 0 Å². The summed E-state index contributed by atoms with van der Waals surface area (Å²) in [5.41, 5.74) is 1.15. The molecule has 0 saturated heterocycles. The zero-order valence-corrected chi connectivity index (χ0v) is 16.5. The molecule has 2 aromatic rings. The van der Waals surface area contributed by atoms with Gasteiger partial charge in [0, 0.05) is 25.9 Å². The number of carbonyl (C=O) groups excluding carboxylic acids is 2. The molecule has 7 nitrogen and oxygen atoms in total. The fraction of sp³-hybridized carbons (Fsp3) is 0.476. The van der Waals surface area contributed by atoms with Crippen molar-refractivity contribution in [3.8, 4) is 0 Å². The van der Waals surface area contributed by atoms with Gasteiger partial charge in [0.05, 0.1) is 36.0 Å². The average molecular weight is 400 g/mol. The summed E-state index contributed by atoms with van der Waals surface area (Å²) < 4.78 is 20.8. The first-order valence-electron chi connectivity index (χ1n) is 9.94. The number of halogens is 1. The first kappa shape index (κ1) is 19.6. The van der Waals surface area contributed by atoms with Crippen LogP contribution in [0.2, 0.25) is 0 Å². The van der Waals surface area contributed by atoms with Crippen LogP contribution in [-0.2, 0) is 22.6 Å². The number of nitrogens with zero attached hydrogens (tertiary/aromatic N) is 3. The number of benzene rings is 1. The maximum absolute atomic E-state index is 13.4. The molecule has 0 radical (unpaired) electrons. The molecule has 0 atom stereocenters. The molecular weight excluding hydrogens is 375 g/mol. The number of fused-ring (bicyclic) bond motifs is 1. The van der Waals surface area contributed by atoms with Crippen LogP contribution in [-0.4, -0.2) is 45.8 Å². The van der Waals surface area contributed by atoms with E-state index in [1.54, 1.807) is 22.8 Å². The second-order valence-electron chi connectivity index (χ2n) is 7.78. The Kier molecular flexibility index (Phi) is 5.36. The lowest BCUT2D eigenvalue weighted by Gasteiger charge is -2.41. The van der Waals surface area contributed by atoms with Crippen molar-refractivity contribution in [1.29, 1.82) is 0 Å². The van der Waals surface area contributed by atoms with Gasteiger partial charge in [0.2, 0.25) is 5.91 Å². The van der Waals surface area contributed by atoms with Crippen molar-refractivity contribution in [2.45, 2.75) is 50.8 Å². The molecule has 1 aliphatic carbocycles. The quantitative estimate of drug-likeness (QED) is 0.837. The Morgan fingerprint density at radius 1 is 1.28 bits per heavy atom. The number of ether oxygens (including phenoxy) is 1. The summed E-state index contributed by atoms with van der Waals surface area (Å²) in [7, 11) is 1.67. The topological polar surface area (TPSA) is 76.5 Å². The number of rotatable bonds is 5. The van der Waals surface area contributed by atoms with Crippen LogP contribution in [0.5, 0.6) is 0 Å². The number of methoxy groups -OCH3 is 1. The van der Waals surface area contributed by atoms with Gasteiger partial charge < -0.3 is 15.0 Å². The summed E-state index contributed by atoms with van der Waals surface area (Å²) in [5.74, 6) is -0.743. The maximum atomic E-state index is 13.4. The molecule has 0 unspecified atom stereocenters. The number of carbonyl (C=O) groups is 2. The van der Waals surface area contributed by atoms with E-state index in [9.17, 15) is 14.0 Å². The molecule has 1 aromatic carbocycles. The highest BCUT2D eigenvalue weighted by Crippen LogP contribution is 2.38. The molecule has 1 fully saturated rings. The van der Waals surface area contributed by atoms with E-state index in [4.69, 9.17) is 4.74 Å². The summed E-state index contributed by atoms with van der Waals surface area (Å²) in [6.07, 6.45) is 5.54. The summed E-state index contributed by atoms with van der Waals surface area (Å²) in [4.78, 5) is 27.5. The Hall–Kier alpha value is -2.74. The number of aromatic nitrogens is 2. The number of aryl methyl sites for hydroxylation is 1. The first-order valence-corrected chi connectivity index (χ1v) is 9.94. The van der Waals surface area contributed by atoms with Crippen molar-refractivity contribution in [3.63, 3.8) is 0 Å². The van der Waals surface area contributed by atoms with Crippen molar-refractivity contribution in [1.82, 2.24) is 14.7 Å². The van der Waals surface area contributed by atoms with Crippen LogP contribution in [0, 0.1) is 5.82 Å². The third kappa shape index (κ3) is 4.03. The zero-order valence-electron chi connectivity index (χ0n) is 16.5. The predicted molar refractivity (Wildman–Crippen MR) is 105 cm³/mol. The number of hydrogen-bond acceptors (Lipinski definition) is 4. The van der Waals surface area contributed by atoms with Gasteiger partial charge >= 0.3 is 0 Å². The molecule has 4 rings (SSSR count). The van der Waals surface area contributed by atoms with Crippen molar-refractivity contribution >= 4 is 17.5 Å². The first-order chi connectivity index (χ1) is 14.0. The highest BCUT2D eigenvalue weighted by molar-refractivity contribution is 6.05. The minimum atomic E-state index is -0.420. The molecule has 154 valence electrons. The van der Waals surface area contributed by atoms with Gasteiger partial charge in [0.25, 0.3) is 5.91 Å². The summed E-state index contributed by atoms with van der Waals surface area (Å²) in [6, 6.07) is 5.75. The van der Waals surface area contributed by atoms with Crippen molar-refractivity contribution < 1.29 is 18.7 Å². The molecule has 2 heterocycles. The lowest BCUT2D eigenvalue weighted by atomic mass is 9.77. The van der Waals surface area contributed by atoms with E-state index >= 15 is 0 Å². The molecule has 1 saturated carbocycles. The fourth-order valence-electron chi connectivity index (χ4n) is 4.02. The SMILES string of the molecule is COC1(CC(=O)N2CCCn3ncc(C(=O)Nc4cccc(F)c4)c3C2)CCC1. The highest BCUT2D eigenvalue weighted by Gasteiger charge is 2.40. The molecule has 0 bridgehead atoms. The zero-order chi connectivity index (χ0) is 20.4. The van der Waals surface area contributed by atoms with E-state index in [0.29, 0.717) is 43.0 Å². The molecule has 1 aromatic heterocycles. The normalized spacial score (nSPS) is 17.8. The van der Waals surface area contributed by atoms with E-state index in [1.807, 2.05) is 0 Å². The largest absolute Gasteiger partial charge is 0.378 e. The van der Waals surface area contributed by atoms with Crippen molar-refractivity contribution in [2.24, 2.45) is 0 Å². The molecular formula is C21H25FN4O3. The Labute approximate surface area is 168 Å². The van der Waals surface area contributed by atoms with E-state index < -0.39 is 5.82 Å². The monoisotopic (exact) mass is 400 g/mol. The van der Waals surface area contributed by atoms with Gasteiger partial charge in [0.1, 0.15) is 5.82 Å². The molecule has 2 aliphatic rings. The Morgan fingerprint density at radius 2 is 2.10 bits per heavy atom. The van der Waals surface area contributed by atoms with Gasteiger partial charge in [-0.2, -0.15) is 5.10 Å². The molecule has 2 amide bonds. The van der Waals surface area contributed by atoms with Gasteiger partial charge in [-0.05, 0) is 43.9 Å². The third-order valence-corrected chi connectivity index (χ3v) is 5.94. The highest BCUT2D eigenvalue weighted by atomic mass is 19.1. The van der Waals surface area contributed by atoms with E-state index in [-0.39, 0.29) is 17.4 Å². The molecule has 0 spiro atoms. The number of amides is 2. The summed E-state index contributed by atoms with van der Waals surface area (Å²) >= 11 is 0. The minimum absolute atomic E-state index is 0.0395. The lowest BCUT2D eigenvalue weighted by Crippen LogP contribution is -2.45. The second-order valence-corrected chi connectivity index (χ2v) is 7.78. The van der Waals surface area contributed by atoms with Gasteiger partial charge in [-0.25, -0.2) is 4.39 Å². The van der Waals surface area contributed by atoms with Gasteiger partial charge in [-0.1, -0.05) is 6.07 Å². The van der Waals surface area contributed by atoms with Crippen LogP contribution in [0.3, 0.4) is 0 Å². The van der Waals surface area contributed by atoms with E-state index in [0.717, 1.165) is 25.7 Å². The van der Waals surface area contributed by atoms with E-state index in [2.05, 4.69) is 10.4 Å². The third-order valence-electron chi connectivity index (χ3n) is 5.94. The van der Waals surface area contributed by atoms with Crippen LogP contribution >= 0.6 is 0 Å². The van der Waals surface area contributed by atoms with Crippen molar-refractivity contribution in [3.05, 3.63) is 47.5 Å². The summed E-state index contributed by atoms with van der Waals surface area (Å²) in [6.45, 7) is 1.58. The van der Waals surface area contributed by atoms with Crippen LogP contribution in [0.4, 0.5) is 10.1 Å². The minimum Gasteiger partial charge on any atom is -0.378 e. The average Bonchev–Trinajstić information content (AvgIpc) is 2.94. The molecule has 8 heteroatoms. The standard InChI is InChI=1S/C21H25FN4O3/c1-29-21(7-3-8-21)12-19(27)25-9-4-10-26-18(14-25)17(13-23-26)20(28)24-16-6-2-5-15(22)11-16/h2,5-6,11,13H,3-4,7-10,12,14H2,1H3,(H,24,28). The van der Waals surface area contributed by atoms with Crippen molar-refractivity contribution in [2.75, 3.05) is 19.0 Å². The Balaban J connectivity index is 1.50. The number of anilines is 1. The molecule has 1 N–H and O–H groups in total. The predicted octanol–water partition coefficient (Wildman–Crippen LogP) is 2.97. The number of hydrogen-bond donors (Lipinski definition) is 1. The second kappa shape index (κ2) is 7.94. The Morgan fingerprint density at radius 3 is 2.79 bits per heavy atom. The Bertz CT molecular complexity index is 917. The fourth-order valence-corrected chi connectivity index (χ4v) is 4.02. The van der Waals surface area contributed by atoms with Crippen LogP contribution in [0.15, 0.2) is 30.5 Å². The maximum Gasteiger partial charge on any atom is 0.259 e.